The van der Waals surface area contributed by atoms with Crippen molar-refractivity contribution in [3.63, 3.8) is 0 Å². The minimum absolute atomic E-state index is 0. The van der Waals surface area contributed by atoms with Crippen molar-refractivity contribution >= 4 is 11.6 Å². The van der Waals surface area contributed by atoms with Crippen molar-refractivity contribution in [2.45, 2.75) is 0 Å². The molecule has 0 saturated carbocycles. The van der Waals surface area contributed by atoms with E-state index < -0.39 is 11.6 Å². The maximum Gasteiger partial charge on any atom is 0.225 e. The molecule has 1 aromatic carbocycles. The van der Waals surface area contributed by atoms with Crippen LogP contribution in [-0.4, -0.2) is 27.3 Å². The Morgan fingerprint density at radius 2 is 1.05 bits per heavy atom. The van der Waals surface area contributed by atoms with Crippen molar-refractivity contribution < 1.29 is 25.3 Å². The van der Waals surface area contributed by atoms with Gasteiger partial charge in [-0.15, -0.1) is 0 Å². The third-order valence-electron chi connectivity index (χ3n) is 1.73. The second-order valence-corrected chi connectivity index (χ2v) is 2.94. The molecule has 2 rings (SSSR count). The lowest BCUT2D eigenvalue weighted by Crippen LogP contribution is -2.08. The number of phenols is 2. The summed E-state index contributed by atoms with van der Waals surface area (Å²) in [4.78, 5) is 34.6. The molecule has 0 saturated heterocycles. The van der Waals surface area contributed by atoms with Gasteiger partial charge in [-0.1, -0.05) is 24.3 Å². The van der Waals surface area contributed by atoms with Crippen molar-refractivity contribution in [3.05, 3.63) is 58.5 Å². The van der Waals surface area contributed by atoms with E-state index in [0.717, 1.165) is 0 Å². The van der Waals surface area contributed by atoms with E-state index in [1.165, 1.54) is 24.3 Å². The number of hydrogen-bond donors (Lipinski definition) is 2. The summed E-state index contributed by atoms with van der Waals surface area (Å²) in [5, 5.41) is 17.3. The molecule has 4 N–H and O–H groups in total. The summed E-state index contributed by atoms with van der Waals surface area (Å²) in [5.74, 6) is -1.03. The monoisotopic (exact) mass is 268 g/mol. The van der Waals surface area contributed by atoms with Crippen LogP contribution in [-0.2, 0) is 9.59 Å². The number of allylic oxidation sites excluding steroid dienone is 4. The van der Waals surface area contributed by atoms with Gasteiger partial charge in [0, 0.05) is 9.93 Å². The summed E-state index contributed by atoms with van der Waals surface area (Å²) in [6, 6.07) is 6.15. The van der Waals surface area contributed by atoms with Crippen LogP contribution in [0.3, 0.4) is 0 Å². The molecule has 0 heterocycles. The van der Waals surface area contributed by atoms with Gasteiger partial charge in [-0.05, 0) is 24.3 Å². The summed E-state index contributed by atoms with van der Waals surface area (Å²) in [5.41, 5.74) is 0. The minimum atomic E-state index is -0.437. The van der Waals surface area contributed by atoms with E-state index >= 15 is 0 Å². The molecule has 0 aliphatic heterocycles. The predicted molar refractivity (Wildman–Crippen MR) is 68.4 cm³/mol. The first-order valence-corrected chi connectivity index (χ1v) is 4.68. The predicted octanol–water partition coefficient (Wildman–Crippen LogP) is 0.591. The highest BCUT2D eigenvalue weighted by Crippen LogP contribution is 2.21. The highest BCUT2D eigenvalue weighted by Gasteiger charge is 2.06. The fourth-order valence-electron chi connectivity index (χ4n) is 0.914. The SMILES string of the molecule is O.O=C1C=CC=CC1=O.O=O.Oc1ccccc1O. The van der Waals surface area contributed by atoms with E-state index in [1.807, 2.05) is 0 Å². The molecule has 1 aliphatic rings. The average Bonchev–Trinajstić information content (AvgIpc) is 2.40. The lowest BCUT2D eigenvalue weighted by Gasteiger charge is -1.91. The molecule has 0 fully saturated rings. The lowest BCUT2D eigenvalue weighted by atomic mass is 10.1. The number of carbonyl (C=O) groups is 2. The van der Waals surface area contributed by atoms with E-state index in [0.29, 0.717) is 0 Å². The van der Waals surface area contributed by atoms with Crippen LogP contribution in [0.25, 0.3) is 0 Å². The van der Waals surface area contributed by atoms with E-state index in [2.05, 4.69) is 0 Å². The Morgan fingerprint density at radius 1 is 0.737 bits per heavy atom. The molecule has 0 atom stereocenters. The highest BCUT2D eigenvalue weighted by molar-refractivity contribution is 6.46. The van der Waals surface area contributed by atoms with Gasteiger partial charge in [-0.25, -0.2) is 0 Å². The number of hydrogen-bond acceptors (Lipinski definition) is 6. The molecule has 0 spiro atoms. The van der Waals surface area contributed by atoms with Crippen molar-refractivity contribution in [1.82, 2.24) is 0 Å². The normalized spacial score (nSPS) is 11.4. The zero-order valence-corrected chi connectivity index (χ0v) is 9.65. The van der Waals surface area contributed by atoms with Crippen molar-refractivity contribution in [3.8, 4) is 11.5 Å². The molecule has 0 amide bonds. The van der Waals surface area contributed by atoms with Gasteiger partial charge in [0.2, 0.25) is 11.6 Å². The van der Waals surface area contributed by atoms with Gasteiger partial charge in [-0.3, -0.25) is 9.59 Å². The fraction of sp³-hybridized carbons (Fsp3) is 0. The zero-order valence-electron chi connectivity index (χ0n) is 9.65. The standard InChI is InChI=1S/C6H6O2.C6H4O2.O2.H2O/c2*7-5-3-1-2-4-6(5)8;1-2;/h1-4,7-8H;1-4H;;1H2. The second-order valence-electron chi connectivity index (χ2n) is 2.94. The van der Waals surface area contributed by atoms with Gasteiger partial charge in [-0.2, -0.15) is 0 Å². The summed E-state index contributed by atoms with van der Waals surface area (Å²) in [6.45, 7) is 0. The van der Waals surface area contributed by atoms with Crippen molar-refractivity contribution in [2.24, 2.45) is 0 Å². The van der Waals surface area contributed by atoms with Crippen LogP contribution in [0.1, 0.15) is 0 Å². The summed E-state index contributed by atoms with van der Waals surface area (Å²) in [6.07, 6.45) is 5.60. The van der Waals surface area contributed by atoms with Crippen LogP contribution >= 0.6 is 0 Å². The third kappa shape index (κ3) is 7.18. The second kappa shape index (κ2) is 10.4. The number of para-hydroxylation sites is 2. The number of ketones is 2. The maximum atomic E-state index is 10.3. The lowest BCUT2D eigenvalue weighted by molar-refractivity contribution is -0.131. The van der Waals surface area contributed by atoms with Crippen molar-refractivity contribution in [2.75, 3.05) is 0 Å². The number of benzene rings is 1. The molecule has 19 heavy (non-hydrogen) atoms. The first-order valence-electron chi connectivity index (χ1n) is 4.68. The Bertz CT molecular complexity index is 434. The molecule has 0 radical (unpaired) electrons. The molecule has 102 valence electrons. The Balaban J connectivity index is 0. The minimum Gasteiger partial charge on any atom is -0.504 e. The van der Waals surface area contributed by atoms with Gasteiger partial charge >= 0.3 is 0 Å². The number of carbonyl (C=O) groups excluding carboxylic acids is 2. The molecule has 0 aromatic heterocycles. The molecule has 0 bridgehead atoms. The summed E-state index contributed by atoms with van der Waals surface area (Å²) in [7, 11) is 0. The van der Waals surface area contributed by atoms with Crippen LogP contribution in [0.15, 0.2) is 48.6 Å². The Hall–Kier alpha value is -2.80. The molecule has 0 unspecified atom stereocenters. The van der Waals surface area contributed by atoms with Gasteiger partial charge in [0.15, 0.2) is 11.5 Å². The average molecular weight is 268 g/mol. The number of aromatic hydroxyl groups is 2. The smallest absolute Gasteiger partial charge is 0.225 e. The van der Waals surface area contributed by atoms with E-state index in [9.17, 15) is 9.59 Å². The van der Waals surface area contributed by atoms with Gasteiger partial charge in [0.05, 0.1) is 0 Å². The topological polar surface area (TPSA) is 140 Å². The van der Waals surface area contributed by atoms with E-state index in [4.69, 9.17) is 20.1 Å². The summed E-state index contributed by atoms with van der Waals surface area (Å²) < 4.78 is 0. The van der Waals surface area contributed by atoms with Crippen LogP contribution in [0, 0.1) is 9.93 Å². The van der Waals surface area contributed by atoms with E-state index in [-0.39, 0.29) is 17.0 Å². The molecular weight excluding hydrogens is 256 g/mol. The van der Waals surface area contributed by atoms with Crippen LogP contribution in [0.4, 0.5) is 0 Å². The van der Waals surface area contributed by atoms with Crippen LogP contribution in [0.5, 0.6) is 11.5 Å². The number of phenolic OH excluding ortho intramolecular Hbond substituents is 2. The Kier molecular flexibility index (Phi) is 10.1. The van der Waals surface area contributed by atoms with Gasteiger partial charge < -0.3 is 15.7 Å². The molecule has 1 aromatic rings. The largest absolute Gasteiger partial charge is 0.504 e. The highest BCUT2D eigenvalue weighted by atomic mass is 16.7. The zero-order chi connectivity index (χ0) is 14.0. The third-order valence-corrected chi connectivity index (χ3v) is 1.73. The van der Waals surface area contributed by atoms with Crippen LogP contribution < -0.4 is 0 Å². The molecule has 7 nitrogen and oxygen atoms in total. The molecular formula is C12H12O7. The Morgan fingerprint density at radius 3 is 1.26 bits per heavy atom. The quantitative estimate of drug-likeness (QED) is 0.401. The Labute approximate surface area is 108 Å². The first kappa shape index (κ1) is 18.6. The molecule has 1 aliphatic carbocycles. The maximum absolute atomic E-state index is 10.3. The molecule has 7 heteroatoms. The first-order chi connectivity index (χ1) is 8.61. The van der Waals surface area contributed by atoms with Crippen LogP contribution in [0.2, 0.25) is 0 Å². The summed E-state index contributed by atoms with van der Waals surface area (Å²) >= 11 is 0. The van der Waals surface area contributed by atoms with Gasteiger partial charge in [0.25, 0.3) is 0 Å². The van der Waals surface area contributed by atoms with Crippen molar-refractivity contribution in [1.29, 1.82) is 0 Å². The number of rotatable bonds is 0. The van der Waals surface area contributed by atoms with E-state index in [1.54, 1.807) is 24.3 Å². The van der Waals surface area contributed by atoms with Gasteiger partial charge in [0.1, 0.15) is 0 Å². The fourth-order valence-corrected chi connectivity index (χ4v) is 0.914.